The molecule has 0 N–H and O–H groups in total. The van der Waals surface area contributed by atoms with E-state index in [0.717, 1.165) is 44.2 Å². The largest absolute Gasteiger partial charge is 0.447 e. The fraction of sp³-hybridized carbons (Fsp3) is 0.318. The number of benzene rings is 1. The average Bonchev–Trinajstić information content (AvgIpc) is 3.17. The molecular weight excluding hydrogens is 434 g/mol. The summed E-state index contributed by atoms with van der Waals surface area (Å²) >= 11 is 1.54. The molecule has 9 heteroatoms. The van der Waals surface area contributed by atoms with Gasteiger partial charge in [0.05, 0.1) is 17.6 Å². The number of carbonyl (C=O) groups is 1. The summed E-state index contributed by atoms with van der Waals surface area (Å²) in [5.41, 5.74) is 4.47. The zero-order chi connectivity index (χ0) is 22.0. The van der Waals surface area contributed by atoms with Crippen molar-refractivity contribution < 1.29 is 17.9 Å². The lowest BCUT2D eigenvalue weighted by molar-refractivity contribution is 0.0799. The third-order valence-corrected chi connectivity index (χ3v) is 6.56. The van der Waals surface area contributed by atoms with Crippen molar-refractivity contribution in [3.05, 3.63) is 53.0 Å². The number of rotatable bonds is 5. The summed E-state index contributed by atoms with van der Waals surface area (Å²) in [6.07, 6.45) is 2.34. The van der Waals surface area contributed by atoms with E-state index in [0.29, 0.717) is 13.1 Å². The van der Waals surface area contributed by atoms with Gasteiger partial charge in [0.15, 0.2) is 0 Å². The second kappa shape index (κ2) is 9.15. The Morgan fingerprint density at radius 1 is 1.16 bits per heavy atom. The molecule has 2 aromatic heterocycles. The van der Waals surface area contributed by atoms with Gasteiger partial charge in [0, 0.05) is 18.7 Å². The molecule has 0 bridgehead atoms. The normalized spacial score (nSPS) is 14.3. The molecule has 1 amide bonds. The fourth-order valence-corrected chi connectivity index (χ4v) is 4.87. The second-order valence-electron chi connectivity index (χ2n) is 7.59. The summed E-state index contributed by atoms with van der Waals surface area (Å²) < 4.78 is 27.0. The van der Waals surface area contributed by atoms with E-state index in [1.54, 1.807) is 4.90 Å². The van der Waals surface area contributed by atoms with E-state index >= 15 is 0 Å². The van der Waals surface area contributed by atoms with E-state index in [4.69, 9.17) is 14.7 Å². The number of carbonyl (C=O) groups excluding carboxylic acids is 1. The van der Waals surface area contributed by atoms with Crippen molar-refractivity contribution in [2.24, 2.45) is 0 Å². The molecule has 0 unspecified atom stereocenters. The van der Waals surface area contributed by atoms with Gasteiger partial charge in [-0.3, -0.25) is 0 Å². The maximum absolute atomic E-state index is 12.1. The van der Waals surface area contributed by atoms with Crippen LogP contribution in [-0.2, 0) is 21.2 Å². The first-order chi connectivity index (χ1) is 14.9. The summed E-state index contributed by atoms with van der Waals surface area (Å²) in [5.74, 6) is 0.0437. The van der Waals surface area contributed by atoms with Crippen LogP contribution < -0.4 is 0 Å². The van der Waals surface area contributed by atoms with Crippen LogP contribution in [0.15, 0.2) is 42.5 Å². The Morgan fingerprint density at radius 2 is 1.94 bits per heavy atom. The average molecular weight is 458 g/mol. The summed E-state index contributed by atoms with van der Waals surface area (Å²) in [6, 6.07) is 11.3. The lowest BCUT2D eigenvalue weighted by Gasteiger charge is -2.26. The van der Waals surface area contributed by atoms with Crippen molar-refractivity contribution in [1.29, 1.82) is 0 Å². The smallest absolute Gasteiger partial charge is 0.410 e. The number of hydrogen-bond acceptors (Lipinski definition) is 7. The first-order valence-corrected chi connectivity index (χ1v) is 12.2. The molecule has 1 aromatic carbocycles. The molecule has 0 fully saturated rings. The topological polar surface area (TPSA) is 89.5 Å². The molecule has 0 saturated heterocycles. The van der Waals surface area contributed by atoms with Gasteiger partial charge in [-0.15, -0.1) is 0 Å². The number of nitrogens with zero attached hydrogens (tertiary/aromatic N) is 3. The van der Waals surface area contributed by atoms with E-state index in [1.165, 1.54) is 11.3 Å². The van der Waals surface area contributed by atoms with Gasteiger partial charge in [0.2, 0.25) is 0 Å². The van der Waals surface area contributed by atoms with Crippen molar-refractivity contribution >= 4 is 44.1 Å². The number of aromatic nitrogens is 2. The van der Waals surface area contributed by atoms with Crippen molar-refractivity contribution in [3.8, 4) is 11.3 Å². The van der Waals surface area contributed by atoms with E-state index in [2.05, 4.69) is 0 Å². The fourth-order valence-electron chi connectivity index (χ4n) is 3.35. The third-order valence-electron chi connectivity index (χ3n) is 4.90. The quantitative estimate of drug-likeness (QED) is 0.580. The molecule has 0 spiro atoms. The Hall–Kier alpha value is -2.78. The molecule has 3 aromatic rings. The third kappa shape index (κ3) is 5.11. The maximum Gasteiger partial charge on any atom is 0.410 e. The maximum atomic E-state index is 12.1. The minimum atomic E-state index is -2.43. The van der Waals surface area contributed by atoms with Crippen LogP contribution in [0.4, 0.5) is 4.79 Å². The van der Waals surface area contributed by atoms with Gasteiger partial charge in [-0.2, -0.15) is 0 Å². The highest BCUT2D eigenvalue weighted by atomic mass is 32.2. The van der Waals surface area contributed by atoms with Crippen molar-refractivity contribution in [2.75, 3.05) is 13.1 Å². The molecule has 1 aliphatic rings. The minimum Gasteiger partial charge on any atom is -0.447 e. The van der Waals surface area contributed by atoms with E-state index < -0.39 is 10.7 Å². The first-order valence-electron chi connectivity index (χ1n) is 10.0. The SMILES string of the molecule is CC(C)OC(=O)N1CC=C(c2nc3ccc(-c4ccc(C[SH](=O)=O)cc4)nc3s2)CC1. The number of amides is 1. The van der Waals surface area contributed by atoms with E-state index in [-0.39, 0.29) is 18.0 Å². The first kappa shape index (κ1) is 21.5. The molecule has 3 heterocycles. The monoisotopic (exact) mass is 457 g/mol. The second-order valence-corrected chi connectivity index (χ2v) is 9.54. The van der Waals surface area contributed by atoms with Crippen LogP contribution in [0, 0.1) is 0 Å². The predicted molar refractivity (Wildman–Crippen MR) is 123 cm³/mol. The van der Waals surface area contributed by atoms with E-state index in [9.17, 15) is 13.2 Å². The lowest BCUT2D eigenvalue weighted by Crippen LogP contribution is -2.36. The number of hydrogen-bond donors (Lipinski definition) is 1. The molecule has 0 radical (unpaired) electrons. The summed E-state index contributed by atoms with van der Waals surface area (Å²) in [6.45, 7) is 4.80. The van der Waals surface area contributed by atoms with Gasteiger partial charge >= 0.3 is 6.09 Å². The van der Waals surface area contributed by atoms with Gasteiger partial charge < -0.3 is 9.64 Å². The Bertz CT molecular complexity index is 1210. The molecule has 0 saturated carbocycles. The molecule has 7 nitrogen and oxygen atoms in total. The van der Waals surface area contributed by atoms with Crippen LogP contribution in [-0.4, -0.2) is 48.6 Å². The van der Waals surface area contributed by atoms with Crippen LogP contribution in [0.3, 0.4) is 0 Å². The highest BCUT2D eigenvalue weighted by Gasteiger charge is 2.21. The van der Waals surface area contributed by atoms with Crippen LogP contribution in [0.1, 0.15) is 30.8 Å². The Balaban J connectivity index is 1.52. The molecule has 162 valence electrons. The predicted octanol–water partition coefficient (Wildman–Crippen LogP) is 4.10. The number of pyridine rings is 1. The molecule has 1 aliphatic heterocycles. The van der Waals surface area contributed by atoms with Gasteiger partial charge in [-0.25, -0.2) is 23.2 Å². The van der Waals surface area contributed by atoms with Gasteiger partial charge in [-0.1, -0.05) is 41.7 Å². The van der Waals surface area contributed by atoms with Crippen LogP contribution in [0.2, 0.25) is 0 Å². The highest BCUT2D eigenvalue weighted by molar-refractivity contribution is 7.71. The Labute approximate surface area is 186 Å². The Morgan fingerprint density at radius 3 is 2.58 bits per heavy atom. The molecule has 31 heavy (non-hydrogen) atoms. The summed E-state index contributed by atoms with van der Waals surface area (Å²) in [5, 5.41) is 0.922. The lowest BCUT2D eigenvalue weighted by atomic mass is 10.1. The van der Waals surface area contributed by atoms with Crippen molar-refractivity contribution in [1.82, 2.24) is 14.9 Å². The summed E-state index contributed by atoms with van der Waals surface area (Å²) in [4.78, 5) is 24.1. The Kier molecular flexibility index (Phi) is 6.33. The van der Waals surface area contributed by atoms with Gasteiger partial charge in [0.1, 0.15) is 26.1 Å². The molecule has 0 atom stereocenters. The van der Waals surface area contributed by atoms with Crippen LogP contribution in [0.25, 0.3) is 27.2 Å². The number of thiol groups is 1. The van der Waals surface area contributed by atoms with Gasteiger partial charge in [0.25, 0.3) is 0 Å². The minimum absolute atomic E-state index is 0.0437. The van der Waals surface area contributed by atoms with Crippen molar-refractivity contribution in [3.63, 3.8) is 0 Å². The highest BCUT2D eigenvalue weighted by Crippen LogP contribution is 2.31. The molecule has 0 aliphatic carbocycles. The number of ether oxygens (including phenoxy) is 1. The van der Waals surface area contributed by atoms with Crippen LogP contribution >= 0.6 is 11.3 Å². The standard InChI is InChI=1S/C22H23N3O4S2/c1-14(2)29-22(26)25-11-9-17(10-12-25)20-24-19-8-7-18(23-21(19)30-20)16-5-3-15(4-6-16)13-31(27)28/h3-9,14,31H,10-13H2,1-2H3. The molecular formula is C22H23N3O4S2. The number of fused-ring (bicyclic) bond motifs is 1. The zero-order valence-electron chi connectivity index (χ0n) is 17.3. The van der Waals surface area contributed by atoms with Crippen LogP contribution in [0.5, 0.6) is 0 Å². The zero-order valence-corrected chi connectivity index (χ0v) is 19.0. The van der Waals surface area contributed by atoms with Gasteiger partial charge in [-0.05, 0) is 43.5 Å². The van der Waals surface area contributed by atoms with Crippen molar-refractivity contribution in [2.45, 2.75) is 32.1 Å². The number of thiazole rings is 1. The van der Waals surface area contributed by atoms with E-state index in [1.807, 2.05) is 56.3 Å². The summed E-state index contributed by atoms with van der Waals surface area (Å²) in [7, 11) is -2.43. The molecule has 4 rings (SSSR count).